The molecule has 0 saturated carbocycles. The molecular weight excluding hydrogens is 526 g/mol. The average Bonchev–Trinajstić information content (AvgIpc) is 3.46. The minimum absolute atomic E-state index is 0.0871. The van der Waals surface area contributed by atoms with Crippen LogP contribution in [0.2, 0.25) is 4.34 Å². The molecule has 3 aromatic rings. The highest BCUT2D eigenvalue weighted by molar-refractivity contribution is 7.91. The van der Waals surface area contributed by atoms with Gasteiger partial charge in [0.15, 0.2) is 14.6 Å². The van der Waals surface area contributed by atoms with Gasteiger partial charge in [0, 0.05) is 19.3 Å². The first kappa shape index (κ1) is 24.3. The molecule has 4 rings (SSSR count). The van der Waals surface area contributed by atoms with Crippen molar-refractivity contribution in [2.45, 2.75) is 34.5 Å². The van der Waals surface area contributed by atoms with Crippen molar-refractivity contribution in [1.29, 1.82) is 0 Å². The number of sulfonamides is 1. The number of halogens is 1. The predicted octanol–water partition coefficient (Wildman–Crippen LogP) is 3.29. The molecule has 8 nitrogen and oxygen atoms in total. The maximum absolute atomic E-state index is 13.1. The minimum Gasteiger partial charge on any atom is -0.313 e. The van der Waals surface area contributed by atoms with E-state index in [1.807, 2.05) is 0 Å². The zero-order chi connectivity index (χ0) is 24.0. The quantitative estimate of drug-likeness (QED) is 0.442. The molecule has 0 aliphatic carbocycles. The Morgan fingerprint density at radius 2 is 2.00 bits per heavy atom. The third-order valence-electron chi connectivity index (χ3n) is 5.20. The van der Waals surface area contributed by atoms with Crippen LogP contribution < -0.4 is 4.80 Å². The largest absolute Gasteiger partial charge is 0.313 e. The van der Waals surface area contributed by atoms with Gasteiger partial charge in [-0.25, -0.2) is 16.8 Å². The predicted molar refractivity (Wildman–Crippen MR) is 130 cm³/mol. The summed E-state index contributed by atoms with van der Waals surface area (Å²) >= 11 is 8.02. The molecule has 1 aromatic carbocycles. The summed E-state index contributed by atoms with van der Waals surface area (Å²) in [6, 6.07) is 6.75. The summed E-state index contributed by atoms with van der Waals surface area (Å²) in [4.78, 5) is 17.9. The number of carbonyl (C=O) groups is 1. The van der Waals surface area contributed by atoms with Gasteiger partial charge in [0.2, 0.25) is 0 Å². The van der Waals surface area contributed by atoms with Crippen LogP contribution in [0.15, 0.2) is 57.1 Å². The SMILES string of the molecule is C=CCn1c(=NC(=O)C2CCCN2S(=O)(=O)c2ccc(Cl)s2)sc2cc(S(C)(=O)=O)ccc21. The first-order valence-corrected chi connectivity index (χ1v) is 15.2. The number of aromatic nitrogens is 1. The first-order valence-electron chi connectivity index (χ1n) is 9.82. The number of allylic oxidation sites excluding steroid dienone is 1. The lowest BCUT2D eigenvalue weighted by Gasteiger charge is -2.20. The molecule has 0 radical (unpaired) electrons. The molecule has 0 bridgehead atoms. The van der Waals surface area contributed by atoms with Crippen molar-refractivity contribution in [1.82, 2.24) is 8.87 Å². The number of benzene rings is 1. The Morgan fingerprint density at radius 3 is 2.64 bits per heavy atom. The van der Waals surface area contributed by atoms with E-state index in [0.717, 1.165) is 17.6 Å². The molecule has 33 heavy (non-hydrogen) atoms. The maximum Gasteiger partial charge on any atom is 0.266 e. The fraction of sp³-hybridized carbons (Fsp3) is 0.300. The van der Waals surface area contributed by atoms with Crippen LogP contribution in [0.1, 0.15) is 12.8 Å². The van der Waals surface area contributed by atoms with Crippen molar-refractivity contribution >= 4 is 70.3 Å². The van der Waals surface area contributed by atoms with E-state index in [9.17, 15) is 21.6 Å². The maximum atomic E-state index is 13.1. The van der Waals surface area contributed by atoms with Crippen LogP contribution in [0.25, 0.3) is 10.2 Å². The summed E-state index contributed by atoms with van der Waals surface area (Å²) in [6.07, 6.45) is 3.68. The summed E-state index contributed by atoms with van der Waals surface area (Å²) in [5.41, 5.74) is 0.711. The van der Waals surface area contributed by atoms with Crippen LogP contribution >= 0.6 is 34.3 Å². The molecule has 3 heterocycles. The zero-order valence-corrected chi connectivity index (χ0v) is 21.5. The Hall–Kier alpha value is -1.83. The van der Waals surface area contributed by atoms with E-state index in [1.54, 1.807) is 22.8 Å². The molecule has 0 spiro atoms. The van der Waals surface area contributed by atoms with Crippen LogP contribution in [0.4, 0.5) is 0 Å². The number of hydrogen-bond acceptors (Lipinski definition) is 7. The number of amides is 1. The van der Waals surface area contributed by atoms with Crippen molar-refractivity contribution < 1.29 is 21.6 Å². The Labute approximate surface area is 204 Å². The number of carbonyl (C=O) groups excluding carboxylic acids is 1. The van der Waals surface area contributed by atoms with E-state index in [-0.39, 0.29) is 15.6 Å². The standard InChI is InChI=1S/C20H20ClN3O5S4/c1-3-10-23-14-7-6-13(32(2,26)27)12-16(14)30-20(23)22-19(25)15-5-4-11-24(15)33(28,29)18-9-8-17(21)31-18/h3,6-9,12,15H,1,4-5,10-11H2,2H3. The number of rotatable bonds is 6. The van der Waals surface area contributed by atoms with Gasteiger partial charge in [-0.3, -0.25) is 4.79 Å². The normalized spacial score (nSPS) is 18.2. The fourth-order valence-electron chi connectivity index (χ4n) is 3.67. The first-order chi connectivity index (χ1) is 15.5. The number of nitrogens with zero attached hydrogens (tertiary/aromatic N) is 3. The number of thiophene rings is 1. The van der Waals surface area contributed by atoms with E-state index < -0.39 is 31.8 Å². The van der Waals surface area contributed by atoms with Gasteiger partial charge >= 0.3 is 0 Å². The molecule has 1 aliphatic heterocycles. The lowest BCUT2D eigenvalue weighted by molar-refractivity contribution is -0.121. The van der Waals surface area contributed by atoms with E-state index in [4.69, 9.17) is 11.6 Å². The molecular formula is C20H20ClN3O5S4. The number of thiazole rings is 1. The van der Waals surface area contributed by atoms with Crippen molar-refractivity contribution in [2.75, 3.05) is 12.8 Å². The summed E-state index contributed by atoms with van der Waals surface area (Å²) in [6.45, 7) is 4.32. The van der Waals surface area contributed by atoms with Crippen molar-refractivity contribution in [3.05, 3.63) is 52.1 Å². The van der Waals surface area contributed by atoms with Gasteiger partial charge in [0.05, 0.1) is 19.4 Å². The van der Waals surface area contributed by atoms with E-state index in [0.29, 0.717) is 38.7 Å². The Kier molecular flexibility index (Phi) is 6.69. The number of fused-ring (bicyclic) bond motifs is 1. The number of sulfone groups is 1. The molecule has 1 amide bonds. The smallest absolute Gasteiger partial charge is 0.266 e. The topological polar surface area (TPSA) is 106 Å². The lowest BCUT2D eigenvalue weighted by Crippen LogP contribution is -2.40. The zero-order valence-electron chi connectivity index (χ0n) is 17.5. The van der Waals surface area contributed by atoms with Gasteiger partial charge in [-0.15, -0.1) is 17.9 Å². The van der Waals surface area contributed by atoms with E-state index in [1.165, 1.54) is 33.8 Å². The third-order valence-corrected chi connectivity index (χ3v) is 11.0. The van der Waals surface area contributed by atoms with Gasteiger partial charge < -0.3 is 4.57 Å². The Morgan fingerprint density at radius 1 is 1.24 bits per heavy atom. The lowest BCUT2D eigenvalue weighted by atomic mass is 10.2. The molecule has 1 fully saturated rings. The van der Waals surface area contributed by atoms with Gasteiger partial charge in [-0.2, -0.15) is 9.30 Å². The van der Waals surface area contributed by atoms with Gasteiger partial charge in [-0.1, -0.05) is 29.0 Å². The molecule has 2 aromatic heterocycles. The second kappa shape index (κ2) is 9.08. The fourth-order valence-corrected chi connectivity index (χ4v) is 8.74. The molecule has 13 heteroatoms. The second-order valence-corrected chi connectivity index (χ2v) is 14.3. The number of hydrogen-bond donors (Lipinski definition) is 0. The summed E-state index contributed by atoms with van der Waals surface area (Å²) < 4.78 is 54.0. The highest BCUT2D eigenvalue weighted by Crippen LogP contribution is 2.32. The molecule has 1 unspecified atom stereocenters. The molecule has 0 N–H and O–H groups in total. The molecule has 1 atom stereocenters. The van der Waals surface area contributed by atoms with Crippen molar-refractivity contribution in [3.8, 4) is 0 Å². The van der Waals surface area contributed by atoms with Gasteiger partial charge in [0.1, 0.15) is 10.3 Å². The van der Waals surface area contributed by atoms with Crippen LogP contribution in [-0.4, -0.2) is 50.5 Å². The monoisotopic (exact) mass is 545 g/mol. The summed E-state index contributed by atoms with van der Waals surface area (Å²) in [7, 11) is -7.27. The third kappa shape index (κ3) is 4.73. The molecule has 1 aliphatic rings. The average molecular weight is 546 g/mol. The Balaban J connectivity index is 1.76. The summed E-state index contributed by atoms with van der Waals surface area (Å²) in [5.74, 6) is -0.563. The Bertz CT molecular complexity index is 1530. The van der Waals surface area contributed by atoms with Crippen LogP contribution in [-0.2, 0) is 31.2 Å². The van der Waals surface area contributed by atoms with Gasteiger partial charge in [-0.05, 0) is 43.2 Å². The minimum atomic E-state index is -3.87. The van der Waals surface area contributed by atoms with Crippen LogP contribution in [0, 0.1) is 0 Å². The van der Waals surface area contributed by atoms with E-state index >= 15 is 0 Å². The second-order valence-electron chi connectivity index (χ2n) is 7.47. The summed E-state index contributed by atoms with van der Waals surface area (Å²) in [5, 5.41) is 0. The van der Waals surface area contributed by atoms with E-state index in [2.05, 4.69) is 11.6 Å². The van der Waals surface area contributed by atoms with Crippen molar-refractivity contribution in [2.24, 2.45) is 4.99 Å². The van der Waals surface area contributed by atoms with Crippen LogP contribution in [0.3, 0.4) is 0 Å². The van der Waals surface area contributed by atoms with Crippen LogP contribution in [0.5, 0.6) is 0 Å². The molecule has 176 valence electrons. The molecule has 1 saturated heterocycles. The highest BCUT2D eigenvalue weighted by atomic mass is 35.5. The highest BCUT2D eigenvalue weighted by Gasteiger charge is 2.40. The van der Waals surface area contributed by atoms with Crippen molar-refractivity contribution in [3.63, 3.8) is 0 Å². The van der Waals surface area contributed by atoms with Gasteiger partial charge in [0.25, 0.3) is 15.9 Å².